The second-order valence-corrected chi connectivity index (χ2v) is 6.18. The van der Waals surface area contributed by atoms with Crippen molar-refractivity contribution in [3.63, 3.8) is 0 Å². The van der Waals surface area contributed by atoms with Crippen molar-refractivity contribution in [2.75, 3.05) is 0 Å². The van der Waals surface area contributed by atoms with E-state index < -0.39 is 11.9 Å². The number of carboxylic acid groups (broad SMARTS) is 1. The zero-order valence-corrected chi connectivity index (χ0v) is 12.4. The molecule has 1 aromatic rings. The van der Waals surface area contributed by atoms with Crippen LogP contribution in [0.4, 0.5) is 0 Å². The van der Waals surface area contributed by atoms with Crippen LogP contribution in [0.3, 0.4) is 0 Å². The number of nitrogens with one attached hydrogen (secondary N) is 1. The maximum Gasteiger partial charge on any atom is 0.308 e. The Bertz CT molecular complexity index is 581. The Hall–Kier alpha value is -1.85. The van der Waals surface area contributed by atoms with E-state index in [4.69, 9.17) is 0 Å². The number of amides is 1. The molecule has 0 aliphatic heterocycles. The molecule has 2 N–H and O–H groups in total. The fourth-order valence-corrected chi connectivity index (χ4v) is 4.05. The monoisotopic (exact) mass is 291 g/mol. The molecule has 0 aromatic carbocycles. The molecule has 1 aromatic heterocycles. The van der Waals surface area contributed by atoms with E-state index in [9.17, 15) is 14.7 Å². The summed E-state index contributed by atoms with van der Waals surface area (Å²) in [6, 6.07) is 1.51. The van der Waals surface area contributed by atoms with E-state index in [-0.39, 0.29) is 17.9 Å². The summed E-state index contributed by atoms with van der Waals surface area (Å²) in [4.78, 5) is 24.0. The first-order valence-electron chi connectivity index (χ1n) is 7.59. The van der Waals surface area contributed by atoms with Gasteiger partial charge < -0.3 is 10.4 Å². The molecule has 2 saturated carbocycles. The lowest BCUT2D eigenvalue weighted by atomic mass is 9.84. The topological polar surface area (TPSA) is 84.2 Å². The van der Waals surface area contributed by atoms with Crippen LogP contribution in [0.2, 0.25) is 0 Å². The van der Waals surface area contributed by atoms with Crippen LogP contribution in [0.25, 0.3) is 0 Å². The molecule has 2 fully saturated rings. The quantitative estimate of drug-likeness (QED) is 0.879. The minimum atomic E-state index is -0.785. The minimum absolute atomic E-state index is 0.207. The van der Waals surface area contributed by atoms with Gasteiger partial charge in [-0.3, -0.25) is 14.3 Å². The van der Waals surface area contributed by atoms with Crippen molar-refractivity contribution in [3.05, 3.63) is 17.5 Å². The molecule has 4 atom stereocenters. The van der Waals surface area contributed by atoms with Gasteiger partial charge >= 0.3 is 5.97 Å². The summed E-state index contributed by atoms with van der Waals surface area (Å²) in [7, 11) is 0. The zero-order chi connectivity index (χ0) is 15.1. The number of aliphatic carboxylic acids is 1. The third kappa shape index (κ3) is 2.32. The normalized spacial score (nSPS) is 30.6. The van der Waals surface area contributed by atoms with Crippen LogP contribution < -0.4 is 5.32 Å². The van der Waals surface area contributed by atoms with Gasteiger partial charge in [0.05, 0.1) is 11.6 Å². The van der Waals surface area contributed by atoms with E-state index in [1.54, 1.807) is 10.7 Å². The third-order valence-corrected chi connectivity index (χ3v) is 4.93. The van der Waals surface area contributed by atoms with Gasteiger partial charge in [0.2, 0.25) is 0 Å². The van der Waals surface area contributed by atoms with E-state index in [1.165, 1.54) is 0 Å². The smallest absolute Gasteiger partial charge is 0.308 e. The van der Waals surface area contributed by atoms with Gasteiger partial charge in [-0.2, -0.15) is 5.10 Å². The van der Waals surface area contributed by atoms with Gasteiger partial charge in [0.25, 0.3) is 5.91 Å². The number of aromatic nitrogens is 2. The van der Waals surface area contributed by atoms with Gasteiger partial charge in [0.15, 0.2) is 0 Å². The molecule has 3 rings (SSSR count). The number of fused-ring (bicyclic) bond motifs is 2. The molecule has 1 amide bonds. The van der Waals surface area contributed by atoms with Crippen molar-refractivity contribution in [1.29, 1.82) is 0 Å². The fraction of sp³-hybridized carbons (Fsp3) is 0.667. The molecule has 0 spiro atoms. The Labute approximate surface area is 123 Å². The van der Waals surface area contributed by atoms with Crippen LogP contribution in [-0.4, -0.2) is 32.8 Å². The van der Waals surface area contributed by atoms with Gasteiger partial charge in [0.1, 0.15) is 5.69 Å². The van der Waals surface area contributed by atoms with Crippen LogP contribution in [0.1, 0.15) is 42.4 Å². The highest BCUT2D eigenvalue weighted by Gasteiger charge is 2.51. The van der Waals surface area contributed by atoms with Gasteiger partial charge in [-0.25, -0.2) is 0 Å². The molecule has 2 aliphatic carbocycles. The predicted octanol–water partition coefficient (Wildman–Crippen LogP) is 1.44. The summed E-state index contributed by atoms with van der Waals surface area (Å²) in [6.45, 7) is 4.40. The summed E-state index contributed by atoms with van der Waals surface area (Å²) in [6.07, 6.45) is 2.92. The Morgan fingerprint density at radius 3 is 2.81 bits per heavy atom. The first-order chi connectivity index (χ1) is 10.0. The molecule has 1 heterocycles. The molecule has 4 unspecified atom stereocenters. The van der Waals surface area contributed by atoms with Crippen molar-refractivity contribution in [1.82, 2.24) is 15.1 Å². The number of carbonyl (C=O) groups is 2. The van der Waals surface area contributed by atoms with Crippen LogP contribution in [-0.2, 0) is 11.3 Å². The standard InChI is InChI=1S/C15H21N3O3/c1-3-18-11(6-8(2)17-18)14(19)16-13-10-5-4-9(7-10)12(13)15(20)21/h6,9-10,12-13H,3-5,7H2,1-2H3,(H,16,19)(H,20,21). The van der Waals surface area contributed by atoms with E-state index in [0.29, 0.717) is 18.2 Å². The summed E-state index contributed by atoms with van der Waals surface area (Å²) < 4.78 is 1.66. The van der Waals surface area contributed by atoms with Crippen LogP contribution in [0, 0.1) is 24.7 Å². The molecule has 6 nitrogen and oxygen atoms in total. The van der Waals surface area contributed by atoms with E-state index in [1.807, 2.05) is 13.8 Å². The molecule has 0 radical (unpaired) electrons. The fourth-order valence-electron chi connectivity index (χ4n) is 4.05. The lowest BCUT2D eigenvalue weighted by molar-refractivity contribution is -0.144. The van der Waals surface area contributed by atoms with E-state index in [2.05, 4.69) is 10.4 Å². The average molecular weight is 291 g/mol. The van der Waals surface area contributed by atoms with Crippen molar-refractivity contribution >= 4 is 11.9 Å². The summed E-state index contributed by atoms with van der Waals surface area (Å²) in [5.41, 5.74) is 1.31. The van der Waals surface area contributed by atoms with Crippen molar-refractivity contribution in [2.45, 2.75) is 45.7 Å². The molecule has 2 bridgehead atoms. The molecule has 2 aliphatic rings. The largest absolute Gasteiger partial charge is 0.481 e. The van der Waals surface area contributed by atoms with Crippen LogP contribution in [0.15, 0.2) is 6.07 Å². The van der Waals surface area contributed by atoms with Crippen molar-refractivity contribution in [2.24, 2.45) is 17.8 Å². The summed E-state index contributed by atoms with van der Waals surface area (Å²) in [5.74, 6) is -0.907. The number of hydrogen-bond acceptors (Lipinski definition) is 3. The molecular formula is C15H21N3O3. The van der Waals surface area contributed by atoms with Gasteiger partial charge in [-0.1, -0.05) is 0 Å². The first kappa shape index (κ1) is 14.1. The third-order valence-electron chi connectivity index (χ3n) is 4.93. The van der Waals surface area contributed by atoms with Gasteiger partial charge in [-0.15, -0.1) is 0 Å². The van der Waals surface area contributed by atoms with Crippen molar-refractivity contribution in [3.8, 4) is 0 Å². The SMILES string of the molecule is CCn1nc(C)cc1C(=O)NC1C2CCC(C2)C1C(=O)O. The molecule has 0 saturated heterocycles. The van der Waals surface area contributed by atoms with Gasteiger partial charge in [-0.05, 0) is 51.0 Å². The van der Waals surface area contributed by atoms with E-state index in [0.717, 1.165) is 25.0 Å². The number of hydrogen-bond donors (Lipinski definition) is 2. The lowest BCUT2D eigenvalue weighted by Gasteiger charge is -2.28. The number of carbonyl (C=O) groups excluding carboxylic acids is 1. The maximum atomic E-state index is 12.5. The number of carboxylic acids is 1. The Kier molecular flexibility index (Phi) is 3.47. The second-order valence-electron chi connectivity index (χ2n) is 6.18. The maximum absolute atomic E-state index is 12.5. The number of aryl methyl sites for hydroxylation is 2. The Balaban J connectivity index is 1.79. The number of nitrogens with zero attached hydrogens (tertiary/aromatic N) is 2. The summed E-state index contributed by atoms with van der Waals surface area (Å²) >= 11 is 0. The summed E-state index contributed by atoms with van der Waals surface area (Å²) in [5, 5.41) is 16.7. The number of rotatable bonds is 4. The Morgan fingerprint density at radius 1 is 1.43 bits per heavy atom. The first-order valence-corrected chi connectivity index (χ1v) is 7.59. The van der Waals surface area contributed by atoms with Crippen LogP contribution >= 0.6 is 0 Å². The molecule has 21 heavy (non-hydrogen) atoms. The van der Waals surface area contributed by atoms with E-state index >= 15 is 0 Å². The van der Waals surface area contributed by atoms with Crippen LogP contribution in [0.5, 0.6) is 0 Å². The van der Waals surface area contributed by atoms with Gasteiger partial charge in [0, 0.05) is 12.6 Å². The Morgan fingerprint density at radius 2 is 2.14 bits per heavy atom. The van der Waals surface area contributed by atoms with Crippen molar-refractivity contribution < 1.29 is 14.7 Å². The minimum Gasteiger partial charge on any atom is -0.481 e. The molecule has 114 valence electrons. The molecule has 6 heteroatoms. The highest BCUT2D eigenvalue weighted by molar-refractivity contribution is 5.93. The lowest BCUT2D eigenvalue weighted by Crippen LogP contribution is -2.47. The molecular weight excluding hydrogens is 270 g/mol. The second kappa shape index (κ2) is 5.16. The zero-order valence-electron chi connectivity index (χ0n) is 12.4. The highest BCUT2D eigenvalue weighted by Crippen LogP contribution is 2.48. The predicted molar refractivity (Wildman–Crippen MR) is 75.8 cm³/mol. The average Bonchev–Trinajstić information content (AvgIpc) is 3.11. The highest BCUT2D eigenvalue weighted by atomic mass is 16.4.